The fraction of sp³-hybridized carbons (Fsp3) is 0.286. The third kappa shape index (κ3) is 4.28. The van der Waals surface area contributed by atoms with Crippen LogP contribution in [-0.4, -0.2) is 16.5 Å². The average Bonchev–Trinajstić information content (AvgIpc) is 2.43. The largest absolute Gasteiger partial charge is 0.385 e. The lowest BCUT2D eigenvalue weighted by atomic mass is 10.2. The van der Waals surface area contributed by atoms with Crippen molar-refractivity contribution in [2.24, 2.45) is 0 Å². The summed E-state index contributed by atoms with van der Waals surface area (Å²) in [6.07, 6.45) is 1.11. The first-order chi connectivity index (χ1) is 9.67. The zero-order chi connectivity index (χ0) is 14.4. The quantitative estimate of drug-likeness (QED) is 0.713. The van der Waals surface area contributed by atoms with Crippen LogP contribution in [-0.2, 0) is 6.54 Å². The maximum Gasteiger partial charge on any atom is 0.223 e. The van der Waals surface area contributed by atoms with Crippen LogP contribution in [0.2, 0.25) is 5.15 Å². The highest BCUT2D eigenvalue weighted by molar-refractivity contribution is 6.29. The highest BCUT2D eigenvalue weighted by Crippen LogP contribution is 2.14. The minimum atomic E-state index is 0.166. The molecule has 0 amide bonds. The smallest absolute Gasteiger partial charge is 0.223 e. The molecule has 0 atom stereocenters. The van der Waals surface area contributed by atoms with Gasteiger partial charge in [0.15, 0.2) is 0 Å². The summed E-state index contributed by atoms with van der Waals surface area (Å²) in [5, 5.41) is 6.84. The third-order valence-electron chi connectivity index (χ3n) is 2.72. The first-order valence-electron chi connectivity index (χ1n) is 6.54. The van der Waals surface area contributed by atoms with E-state index in [-0.39, 0.29) is 5.95 Å². The Hall–Kier alpha value is -2.01. The van der Waals surface area contributed by atoms with Gasteiger partial charge in [0.25, 0.3) is 0 Å². The van der Waals surface area contributed by atoms with E-state index in [9.17, 15) is 0 Å². The number of benzene rings is 1. The van der Waals surface area contributed by atoms with Crippen molar-refractivity contribution in [1.29, 1.82) is 0 Å². The van der Waals surface area contributed by atoms with Crippen molar-refractivity contribution in [2.45, 2.75) is 19.9 Å². The molecular formula is C14H18ClN5. The van der Waals surface area contributed by atoms with Gasteiger partial charge in [0.1, 0.15) is 11.0 Å². The van der Waals surface area contributed by atoms with E-state index in [1.54, 1.807) is 6.07 Å². The van der Waals surface area contributed by atoms with Gasteiger partial charge in [0.2, 0.25) is 5.95 Å². The van der Waals surface area contributed by atoms with Crippen molar-refractivity contribution < 1.29 is 0 Å². The van der Waals surface area contributed by atoms with Gasteiger partial charge >= 0.3 is 0 Å². The number of nitrogens with two attached hydrogens (primary N) is 1. The number of nitrogens with one attached hydrogen (secondary N) is 2. The number of hydrogen-bond donors (Lipinski definition) is 3. The number of halogens is 1. The minimum Gasteiger partial charge on any atom is -0.385 e. The van der Waals surface area contributed by atoms with Gasteiger partial charge in [0, 0.05) is 24.8 Å². The molecular weight excluding hydrogens is 274 g/mol. The molecule has 0 saturated carbocycles. The molecule has 0 bridgehead atoms. The second-order valence-corrected chi connectivity index (χ2v) is 4.80. The molecule has 0 spiro atoms. The van der Waals surface area contributed by atoms with Gasteiger partial charge in [-0.05, 0) is 24.1 Å². The first kappa shape index (κ1) is 14.4. The van der Waals surface area contributed by atoms with E-state index in [0.717, 1.165) is 24.2 Å². The highest BCUT2D eigenvalue weighted by atomic mass is 35.5. The number of anilines is 3. The molecule has 0 radical (unpaired) electrons. The summed E-state index contributed by atoms with van der Waals surface area (Å²) in [6.45, 7) is 3.78. The number of nitrogens with zero attached hydrogens (tertiary/aromatic N) is 2. The number of aromatic nitrogens is 2. The average molecular weight is 292 g/mol. The molecule has 1 heterocycles. The predicted molar refractivity (Wildman–Crippen MR) is 84.0 cm³/mol. The van der Waals surface area contributed by atoms with Crippen LogP contribution >= 0.6 is 11.6 Å². The van der Waals surface area contributed by atoms with Gasteiger partial charge in [-0.25, -0.2) is 4.98 Å². The lowest BCUT2D eigenvalue weighted by Gasteiger charge is -2.08. The maximum absolute atomic E-state index is 5.82. The molecule has 0 aliphatic heterocycles. The van der Waals surface area contributed by atoms with E-state index in [4.69, 9.17) is 17.3 Å². The Labute approximate surface area is 123 Å². The molecule has 5 nitrogen and oxygen atoms in total. The molecule has 6 heteroatoms. The molecule has 1 aromatic heterocycles. The van der Waals surface area contributed by atoms with Crippen LogP contribution in [0.1, 0.15) is 18.9 Å². The maximum atomic E-state index is 5.82. The van der Waals surface area contributed by atoms with E-state index < -0.39 is 0 Å². The van der Waals surface area contributed by atoms with Gasteiger partial charge in [-0.15, -0.1) is 0 Å². The van der Waals surface area contributed by atoms with E-state index in [1.165, 1.54) is 0 Å². The summed E-state index contributed by atoms with van der Waals surface area (Å²) in [7, 11) is 0. The van der Waals surface area contributed by atoms with Gasteiger partial charge in [-0.1, -0.05) is 30.7 Å². The zero-order valence-corrected chi connectivity index (χ0v) is 12.1. The monoisotopic (exact) mass is 291 g/mol. The van der Waals surface area contributed by atoms with Crippen molar-refractivity contribution in [3.05, 3.63) is 41.0 Å². The second-order valence-electron chi connectivity index (χ2n) is 4.41. The summed E-state index contributed by atoms with van der Waals surface area (Å²) in [4.78, 5) is 7.88. The zero-order valence-electron chi connectivity index (χ0n) is 11.4. The van der Waals surface area contributed by atoms with Crippen LogP contribution in [0, 0.1) is 0 Å². The Morgan fingerprint density at radius 2 is 1.90 bits per heavy atom. The normalized spacial score (nSPS) is 10.3. The molecule has 2 rings (SSSR count). The number of nitrogen functional groups attached to an aromatic ring is 1. The van der Waals surface area contributed by atoms with E-state index in [2.05, 4.69) is 51.8 Å². The van der Waals surface area contributed by atoms with Crippen molar-refractivity contribution in [2.75, 3.05) is 22.9 Å². The number of hydrogen-bond acceptors (Lipinski definition) is 5. The molecule has 1 aromatic carbocycles. The molecule has 106 valence electrons. The Balaban J connectivity index is 1.93. The van der Waals surface area contributed by atoms with Crippen LogP contribution in [0.25, 0.3) is 0 Å². The SMILES string of the molecule is CCCNc1ccc(CNc2cc(Cl)nc(N)n2)cc1. The van der Waals surface area contributed by atoms with Crippen LogP contribution < -0.4 is 16.4 Å². The Kier molecular flexibility index (Phi) is 5.01. The molecule has 2 aromatic rings. The second kappa shape index (κ2) is 6.96. The Bertz CT molecular complexity index is 536. The molecule has 20 heavy (non-hydrogen) atoms. The highest BCUT2D eigenvalue weighted by Gasteiger charge is 2.00. The molecule has 0 aliphatic rings. The molecule has 4 N–H and O–H groups in total. The minimum absolute atomic E-state index is 0.166. The molecule has 0 saturated heterocycles. The fourth-order valence-corrected chi connectivity index (χ4v) is 1.92. The Morgan fingerprint density at radius 1 is 1.15 bits per heavy atom. The third-order valence-corrected chi connectivity index (χ3v) is 2.91. The Morgan fingerprint density at radius 3 is 2.55 bits per heavy atom. The van der Waals surface area contributed by atoms with E-state index in [0.29, 0.717) is 17.5 Å². The van der Waals surface area contributed by atoms with Crippen LogP contribution in [0.3, 0.4) is 0 Å². The van der Waals surface area contributed by atoms with Gasteiger partial charge in [-0.3, -0.25) is 0 Å². The van der Waals surface area contributed by atoms with Crippen molar-refractivity contribution in [3.63, 3.8) is 0 Å². The lowest BCUT2D eigenvalue weighted by Crippen LogP contribution is -2.05. The summed E-state index contributed by atoms with van der Waals surface area (Å²) < 4.78 is 0. The summed E-state index contributed by atoms with van der Waals surface area (Å²) >= 11 is 5.82. The van der Waals surface area contributed by atoms with Crippen LogP contribution in [0.4, 0.5) is 17.5 Å². The molecule has 0 aliphatic carbocycles. The molecule has 0 fully saturated rings. The topological polar surface area (TPSA) is 75.9 Å². The number of rotatable bonds is 6. The van der Waals surface area contributed by atoms with Gasteiger partial charge < -0.3 is 16.4 Å². The standard InChI is InChI=1S/C14H18ClN5/c1-2-7-17-11-5-3-10(4-6-11)9-18-13-8-12(15)19-14(16)20-13/h3-6,8,17H,2,7,9H2,1H3,(H3,16,18,19,20). The van der Waals surface area contributed by atoms with Crippen molar-refractivity contribution in [3.8, 4) is 0 Å². The molecule has 0 unspecified atom stereocenters. The van der Waals surface area contributed by atoms with Gasteiger partial charge in [0.05, 0.1) is 0 Å². The van der Waals surface area contributed by atoms with Crippen LogP contribution in [0.15, 0.2) is 30.3 Å². The van der Waals surface area contributed by atoms with Crippen molar-refractivity contribution in [1.82, 2.24) is 9.97 Å². The summed E-state index contributed by atoms with van der Waals surface area (Å²) in [5.74, 6) is 0.787. The van der Waals surface area contributed by atoms with Crippen molar-refractivity contribution >= 4 is 29.1 Å². The van der Waals surface area contributed by atoms with Crippen LogP contribution in [0.5, 0.6) is 0 Å². The summed E-state index contributed by atoms with van der Waals surface area (Å²) in [5.41, 5.74) is 7.82. The van der Waals surface area contributed by atoms with Gasteiger partial charge in [-0.2, -0.15) is 4.98 Å². The predicted octanol–water partition coefficient (Wildman–Crippen LogP) is 3.15. The first-order valence-corrected chi connectivity index (χ1v) is 6.92. The summed E-state index contributed by atoms with van der Waals surface area (Å²) in [6, 6.07) is 9.91. The lowest BCUT2D eigenvalue weighted by molar-refractivity contribution is 0.979. The van der Waals surface area contributed by atoms with E-state index >= 15 is 0 Å². The van der Waals surface area contributed by atoms with E-state index in [1.807, 2.05) is 0 Å². The fourth-order valence-electron chi connectivity index (χ4n) is 1.73.